The van der Waals surface area contributed by atoms with Gasteiger partial charge in [0.2, 0.25) is 0 Å². The van der Waals surface area contributed by atoms with Gasteiger partial charge in [-0.05, 0) is 40.1 Å². The van der Waals surface area contributed by atoms with Crippen molar-refractivity contribution in [2.75, 3.05) is 0 Å². The van der Waals surface area contributed by atoms with Gasteiger partial charge in [-0.15, -0.1) is 0 Å². The molecule has 1 aromatic heterocycles. The third-order valence-electron chi connectivity index (χ3n) is 2.58. The Bertz CT molecular complexity index is 584. The van der Waals surface area contributed by atoms with Crippen molar-refractivity contribution in [2.45, 2.75) is 12.3 Å². The predicted molar refractivity (Wildman–Crippen MR) is 77.4 cm³/mol. The highest BCUT2D eigenvalue weighted by Crippen LogP contribution is 2.50. The molecule has 1 aromatic carbocycles. The fourth-order valence-corrected chi connectivity index (χ4v) is 3.60. The van der Waals surface area contributed by atoms with Crippen LogP contribution >= 0.6 is 30.5 Å². The molecule has 2 rings (SSSR count). The van der Waals surface area contributed by atoms with Gasteiger partial charge in [0.15, 0.2) is 0 Å². The van der Waals surface area contributed by atoms with Crippen LogP contribution in [0.2, 0.25) is 5.02 Å². The molecular weight excluding hydrogens is 305 g/mol. The van der Waals surface area contributed by atoms with Gasteiger partial charge in [-0.25, -0.2) is 0 Å². The quantitative estimate of drug-likeness (QED) is 0.740. The molecular formula is C12H13ClNO3PS. The Hall–Kier alpha value is -0.680. The summed E-state index contributed by atoms with van der Waals surface area (Å²) in [6.45, 7) is 0.339. The molecule has 2 aromatic rings. The van der Waals surface area contributed by atoms with Gasteiger partial charge in [0.25, 0.3) is 0 Å². The summed E-state index contributed by atoms with van der Waals surface area (Å²) in [5.74, 6) is -0.988. The molecule has 1 atom stereocenters. The number of halogens is 1. The minimum atomic E-state index is -4.25. The van der Waals surface area contributed by atoms with Crippen LogP contribution < -0.4 is 5.32 Å². The van der Waals surface area contributed by atoms with E-state index in [1.54, 1.807) is 35.0 Å². The molecule has 0 radical (unpaired) electrons. The van der Waals surface area contributed by atoms with Crippen molar-refractivity contribution in [3.8, 4) is 0 Å². The standard InChI is InChI=1S/C12H13ClNO3PS/c13-11-3-1-2-9(6-11)7-14-12(18(15,16)17)10-4-5-19-8-10/h1-6,8,12,14H,7H2,(H2,15,16,17)/t12-/m0/s1. The van der Waals surface area contributed by atoms with Crippen LogP contribution in [0.25, 0.3) is 0 Å². The lowest BCUT2D eigenvalue weighted by atomic mass is 10.2. The molecule has 0 spiro atoms. The van der Waals surface area contributed by atoms with E-state index in [1.807, 2.05) is 6.07 Å². The van der Waals surface area contributed by atoms with E-state index < -0.39 is 13.4 Å². The van der Waals surface area contributed by atoms with Crippen molar-refractivity contribution in [3.05, 3.63) is 57.2 Å². The first-order valence-electron chi connectivity index (χ1n) is 5.52. The average Bonchev–Trinajstić information content (AvgIpc) is 2.81. The molecule has 0 bridgehead atoms. The van der Waals surface area contributed by atoms with Crippen LogP contribution in [0.1, 0.15) is 16.9 Å². The topological polar surface area (TPSA) is 69.6 Å². The monoisotopic (exact) mass is 317 g/mol. The first-order chi connectivity index (χ1) is 8.97. The fraction of sp³-hybridized carbons (Fsp3) is 0.167. The number of hydrogen-bond acceptors (Lipinski definition) is 3. The Balaban J connectivity index is 2.12. The van der Waals surface area contributed by atoms with Crippen molar-refractivity contribution >= 4 is 30.5 Å². The molecule has 7 heteroatoms. The smallest absolute Gasteiger partial charge is 0.323 e. The van der Waals surface area contributed by atoms with Crippen LogP contribution in [0.15, 0.2) is 41.1 Å². The summed E-state index contributed by atoms with van der Waals surface area (Å²) < 4.78 is 11.5. The van der Waals surface area contributed by atoms with E-state index >= 15 is 0 Å². The summed E-state index contributed by atoms with van der Waals surface area (Å²) >= 11 is 7.27. The van der Waals surface area contributed by atoms with Gasteiger partial charge in [0, 0.05) is 11.6 Å². The van der Waals surface area contributed by atoms with Crippen LogP contribution in [0.4, 0.5) is 0 Å². The maximum Gasteiger partial charge on any atom is 0.346 e. The van der Waals surface area contributed by atoms with E-state index in [1.165, 1.54) is 11.3 Å². The molecule has 0 aliphatic carbocycles. The summed E-state index contributed by atoms with van der Waals surface area (Å²) in [5, 5.41) is 7.01. The average molecular weight is 318 g/mol. The molecule has 0 saturated heterocycles. The molecule has 0 fully saturated rings. The van der Waals surface area contributed by atoms with E-state index in [0.717, 1.165) is 5.56 Å². The van der Waals surface area contributed by atoms with Crippen molar-refractivity contribution in [2.24, 2.45) is 0 Å². The second kappa shape index (κ2) is 6.18. The molecule has 19 heavy (non-hydrogen) atoms. The molecule has 102 valence electrons. The van der Waals surface area contributed by atoms with Gasteiger partial charge < -0.3 is 9.79 Å². The Labute approximate surface area is 120 Å². The van der Waals surface area contributed by atoms with E-state index in [0.29, 0.717) is 17.1 Å². The number of hydrogen-bond donors (Lipinski definition) is 3. The molecule has 4 nitrogen and oxygen atoms in total. The normalized spacial score (nSPS) is 13.4. The predicted octanol–water partition coefficient (Wildman–Crippen LogP) is 3.37. The molecule has 0 unspecified atom stereocenters. The lowest BCUT2D eigenvalue weighted by Crippen LogP contribution is -2.20. The van der Waals surface area contributed by atoms with Gasteiger partial charge in [-0.1, -0.05) is 23.7 Å². The Morgan fingerprint density at radius 1 is 1.37 bits per heavy atom. The molecule has 0 amide bonds. The highest BCUT2D eigenvalue weighted by atomic mass is 35.5. The van der Waals surface area contributed by atoms with Crippen molar-refractivity contribution in [3.63, 3.8) is 0 Å². The lowest BCUT2D eigenvalue weighted by Gasteiger charge is -2.19. The first-order valence-corrected chi connectivity index (χ1v) is 8.52. The van der Waals surface area contributed by atoms with Crippen molar-refractivity contribution in [1.29, 1.82) is 0 Å². The van der Waals surface area contributed by atoms with Gasteiger partial charge in [0.05, 0.1) is 0 Å². The largest absolute Gasteiger partial charge is 0.346 e. The molecule has 1 heterocycles. The number of thiophene rings is 1. The zero-order valence-electron chi connectivity index (χ0n) is 9.86. The molecule has 0 aliphatic rings. The van der Waals surface area contributed by atoms with E-state index in [4.69, 9.17) is 11.6 Å². The van der Waals surface area contributed by atoms with Crippen LogP contribution in [-0.4, -0.2) is 9.79 Å². The number of nitrogens with one attached hydrogen (secondary N) is 1. The van der Waals surface area contributed by atoms with Crippen molar-refractivity contribution in [1.82, 2.24) is 5.32 Å². The number of rotatable bonds is 5. The lowest BCUT2D eigenvalue weighted by molar-refractivity contribution is 0.347. The zero-order chi connectivity index (χ0) is 13.9. The van der Waals surface area contributed by atoms with E-state index in [2.05, 4.69) is 5.32 Å². The van der Waals surface area contributed by atoms with Crippen molar-refractivity contribution < 1.29 is 14.4 Å². The maximum absolute atomic E-state index is 11.5. The van der Waals surface area contributed by atoms with Gasteiger partial charge in [-0.3, -0.25) is 9.88 Å². The van der Waals surface area contributed by atoms with Crippen LogP contribution in [-0.2, 0) is 11.1 Å². The Morgan fingerprint density at radius 2 is 2.16 bits per heavy atom. The third-order valence-corrected chi connectivity index (χ3v) is 4.67. The zero-order valence-corrected chi connectivity index (χ0v) is 12.3. The molecule has 0 saturated carbocycles. The maximum atomic E-state index is 11.5. The SMILES string of the molecule is O=P(O)(O)[C@H](NCc1cccc(Cl)c1)c1ccsc1. The summed E-state index contributed by atoms with van der Waals surface area (Å²) in [5.41, 5.74) is 1.47. The fourth-order valence-electron chi connectivity index (χ4n) is 1.72. The van der Waals surface area contributed by atoms with Crippen LogP contribution in [0.5, 0.6) is 0 Å². The summed E-state index contributed by atoms with van der Waals surface area (Å²) in [6.07, 6.45) is 0. The third kappa shape index (κ3) is 4.14. The minimum Gasteiger partial charge on any atom is -0.323 e. The summed E-state index contributed by atoms with van der Waals surface area (Å²) in [6, 6.07) is 8.88. The number of benzene rings is 1. The van der Waals surface area contributed by atoms with Gasteiger partial charge in [0.1, 0.15) is 5.78 Å². The summed E-state index contributed by atoms with van der Waals surface area (Å²) in [4.78, 5) is 18.8. The highest BCUT2D eigenvalue weighted by Gasteiger charge is 2.30. The summed E-state index contributed by atoms with van der Waals surface area (Å²) in [7, 11) is -4.25. The second-order valence-electron chi connectivity index (χ2n) is 4.06. The first kappa shape index (κ1) is 14.7. The highest BCUT2D eigenvalue weighted by molar-refractivity contribution is 7.52. The van der Waals surface area contributed by atoms with Gasteiger partial charge >= 0.3 is 7.60 Å². The molecule has 0 aliphatic heterocycles. The second-order valence-corrected chi connectivity index (χ2v) is 6.97. The molecule has 3 N–H and O–H groups in total. The minimum absolute atomic E-state index is 0.339. The Morgan fingerprint density at radius 3 is 2.74 bits per heavy atom. The van der Waals surface area contributed by atoms with Crippen LogP contribution in [0.3, 0.4) is 0 Å². The van der Waals surface area contributed by atoms with Crippen LogP contribution in [0, 0.1) is 0 Å². The van der Waals surface area contributed by atoms with E-state index in [9.17, 15) is 14.4 Å². The van der Waals surface area contributed by atoms with Gasteiger partial charge in [-0.2, -0.15) is 11.3 Å². The Kier molecular flexibility index (Phi) is 4.79. The van der Waals surface area contributed by atoms with E-state index in [-0.39, 0.29) is 0 Å².